The predicted octanol–water partition coefficient (Wildman–Crippen LogP) is 1.23. The maximum Gasteiger partial charge on any atom is 0.0899 e. The first-order valence-electron chi connectivity index (χ1n) is 4.29. The van der Waals surface area contributed by atoms with Gasteiger partial charge in [0.15, 0.2) is 0 Å². The molecule has 2 atom stereocenters. The first kappa shape index (κ1) is 10.7. The highest BCUT2D eigenvalue weighted by atomic mass is 32.2. The second-order valence-electron chi connectivity index (χ2n) is 2.71. The van der Waals surface area contributed by atoms with Gasteiger partial charge in [-0.15, -0.1) is 0 Å². The molecule has 0 amide bonds. The van der Waals surface area contributed by atoms with E-state index >= 15 is 0 Å². The van der Waals surface area contributed by atoms with Crippen molar-refractivity contribution in [1.29, 1.82) is 0 Å². The van der Waals surface area contributed by atoms with E-state index in [1.807, 2.05) is 30.4 Å². The Kier molecular flexibility index (Phi) is 5.47. The lowest BCUT2D eigenvalue weighted by Crippen LogP contribution is -2.32. The van der Waals surface area contributed by atoms with E-state index in [9.17, 15) is 5.11 Å². The fourth-order valence-corrected chi connectivity index (χ4v) is 3.83. The zero-order valence-corrected chi connectivity index (χ0v) is 9.00. The van der Waals surface area contributed by atoms with Crippen molar-refractivity contribution >= 4 is 23.5 Å². The van der Waals surface area contributed by atoms with E-state index in [2.05, 4.69) is 0 Å². The lowest BCUT2D eigenvalue weighted by atomic mass is 10.3. The van der Waals surface area contributed by atoms with Crippen molar-refractivity contribution in [2.45, 2.75) is 18.3 Å². The van der Waals surface area contributed by atoms with Crippen molar-refractivity contribution in [3.8, 4) is 0 Å². The van der Waals surface area contributed by atoms with Gasteiger partial charge in [0.2, 0.25) is 0 Å². The number of aliphatic hydroxyl groups excluding tert-OH is 1. The third-order valence-corrected chi connectivity index (χ3v) is 4.67. The second kappa shape index (κ2) is 6.13. The molecule has 1 heterocycles. The summed E-state index contributed by atoms with van der Waals surface area (Å²) in [5.41, 5.74) is 0. The van der Waals surface area contributed by atoms with E-state index in [1.54, 1.807) is 0 Å². The lowest BCUT2D eigenvalue weighted by Gasteiger charge is -2.25. The van der Waals surface area contributed by atoms with Gasteiger partial charge < -0.3 is 9.84 Å². The molecule has 0 bridgehead atoms. The van der Waals surface area contributed by atoms with Crippen LogP contribution < -0.4 is 0 Å². The van der Waals surface area contributed by atoms with Crippen LogP contribution in [0, 0.1) is 0 Å². The van der Waals surface area contributed by atoms with Gasteiger partial charge in [-0.3, -0.25) is 0 Å². The fourth-order valence-electron chi connectivity index (χ4n) is 1.07. The molecule has 2 nitrogen and oxygen atoms in total. The molecule has 1 rings (SSSR count). The molecule has 0 spiro atoms. The van der Waals surface area contributed by atoms with Crippen LogP contribution in [0.15, 0.2) is 0 Å². The standard InChI is InChI=1S/C8H16O2S2/c1-2-10-5-7(9)8-6-11-3-4-12-8/h7-9H,2-6H2,1H3. The molecule has 12 heavy (non-hydrogen) atoms. The van der Waals surface area contributed by atoms with Crippen LogP contribution in [0.4, 0.5) is 0 Å². The maximum absolute atomic E-state index is 9.65. The number of thioether (sulfide) groups is 2. The SMILES string of the molecule is CCOCC(O)C1CSCCS1. The molecule has 0 aromatic heterocycles. The molecule has 1 saturated heterocycles. The predicted molar refractivity (Wildman–Crippen MR) is 56.1 cm³/mol. The number of ether oxygens (including phenoxy) is 1. The van der Waals surface area contributed by atoms with Crippen LogP contribution in [-0.4, -0.2) is 46.9 Å². The molecular formula is C8H16O2S2. The van der Waals surface area contributed by atoms with Crippen molar-refractivity contribution in [1.82, 2.24) is 0 Å². The molecular weight excluding hydrogens is 192 g/mol. The molecule has 1 fully saturated rings. The van der Waals surface area contributed by atoms with Crippen LogP contribution >= 0.6 is 23.5 Å². The smallest absolute Gasteiger partial charge is 0.0899 e. The Morgan fingerprint density at radius 1 is 1.58 bits per heavy atom. The normalized spacial score (nSPS) is 27.0. The van der Waals surface area contributed by atoms with Crippen LogP contribution in [0.1, 0.15) is 6.92 Å². The maximum atomic E-state index is 9.65. The van der Waals surface area contributed by atoms with E-state index in [-0.39, 0.29) is 6.10 Å². The molecule has 72 valence electrons. The summed E-state index contributed by atoms with van der Waals surface area (Å²) in [6, 6.07) is 0. The minimum atomic E-state index is -0.275. The van der Waals surface area contributed by atoms with Crippen molar-refractivity contribution in [3.63, 3.8) is 0 Å². The highest BCUT2D eigenvalue weighted by Crippen LogP contribution is 2.26. The van der Waals surface area contributed by atoms with Crippen molar-refractivity contribution in [2.75, 3.05) is 30.5 Å². The number of aliphatic hydroxyl groups is 1. The van der Waals surface area contributed by atoms with Crippen molar-refractivity contribution in [2.24, 2.45) is 0 Å². The summed E-state index contributed by atoms with van der Waals surface area (Å²) in [6.45, 7) is 3.14. The van der Waals surface area contributed by atoms with Crippen LogP contribution in [0.25, 0.3) is 0 Å². The monoisotopic (exact) mass is 208 g/mol. The van der Waals surface area contributed by atoms with E-state index in [4.69, 9.17) is 4.74 Å². The summed E-state index contributed by atoms with van der Waals surface area (Å²) in [6.07, 6.45) is -0.275. The van der Waals surface area contributed by atoms with E-state index in [0.717, 1.165) is 5.75 Å². The summed E-state index contributed by atoms with van der Waals surface area (Å²) in [7, 11) is 0. The quantitative estimate of drug-likeness (QED) is 0.752. The fraction of sp³-hybridized carbons (Fsp3) is 1.00. The number of hydrogen-bond donors (Lipinski definition) is 1. The van der Waals surface area contributed by atoms with Crippen LogP contribution in [-0.2, 0) is 4.74 Å². The van der Waals surface area contributed by atoms with Crippen LogP contribution in [0.3, 0.4) is 0 Å². The van der Waals surface area contributed by atoms with Gasteiger partial charge in [0, 0.05) is 29.1 Å². The molecule has 4 heteroatoms. The molecule has 0 aliphatic carbocycles. The second-order valence-corrected chi connectivity index (χ2v) is 5.21. The topological polar surface area (TPSA) is 29.5 Å². The average Bonchev–Trinajstić information content (AvgIpc) is 2.15. The molecule has 0 saturated carbocycles. The highest BCUT2D eigenvalue weighted by Gasteiger charge is 2.22. The third-order valence-electron chi connectivity index (χ3n) is 1.76. The largest absolute Gasteiger partial charge is 0.390 e. The van der Waals surface area contributed by atoms with Gasteiger partial charge in [0.25, 0.3) is 0 Å². The Hall–Kier alpha value is 0.620. The Bertz CT molecular complexity index is 116. The highest BCUT2D eigenvalue weighted by molar-refractivity contribution is 8.06. The van der Waals surface area contributed by atoms with E-state index in [1.165, 1.54) is 11.5 Å². The molecule has 1 aliphatic heterocycles. The van der Waals surface area contributed by atoms with Gasteiger partial charge in [0.05, 0.1) is 12.7 Å². The van der Waals surface area contributed by atoms with Crippen LogP contribution in [0.5, 0.6) is 0 Å². The number of rotatable bonds is 4. The van der Waals surface area contributed by atoms with Gasteiger partial charge in [-0.05, 0) is 6.92 Å². The van der Waals surface area contributed by atoms with E-state index in [0.29, 0.717) is 18.5 Å². The zero-order chi connectivity index (χ0) is 8.81. The van der Waals surface area contributed by atoms with Crippen molar-refractivity contribution < 1.29 is 9.84 Å². The van der Waals surface area contributed by atoms with Gasteiger partial charge in [-0.1, -0.05) is 0 Å². The molecule has 1 N–H and O–H groups in total. The summed E-state index contributed by atoms with van der Waals surface area (Å²) < 4.78 is 5.18. The summed E-state index contributed by atoms with van der Waals surface area (Å²) in [5.74, 6) is 3.46. The molecule has 1 aliphatic rings. The Labute approximate surface area is 82.4 Å². The Morgan fingerprint density at radius 2 is 2.42 bits per heavy atom. The summed E-state index contributed by atoms with van der Waals surface area (Å²) in [4.78, 5) is 0. The van der Waals surface area contributed by atoms with Crippen LogP contribution in [0.2, 0.25) is 0 Å². The Morgan fingerprint density at radius 3 is 3.00 bits per heavy atom. The van der Waals surface area contributed by atoms with Gasteiger partial charge in [-0.25, -0.2) is 0 Å². The van der Waals surface area contributed by atoms with Gasteiger partial charge >= 0.3 is 0 Å². The first-order valence-corrected chi connectivity index (χ1v) is 6.50. The summed E-state index contributed by atoms with van der Waals surface area (Å²) in [5, 5.41) is 10.0. The summed E-state index contributed by atoms with van der Waals surface area (Å²) >= 11 is 3.80. The minimum absolute atomic E-state index is 0.275. The lowest BCUT2D eigenvalue weighted by molar-refractivity contribution is 0.0443. The molecule has 0 aromatic rings. The van der Waals surface area contributed by atoms with Gasteiger partial charge in [0.1, 0.15) is 0 Å². The number of hydrogen-bond acceptors (Lipinski definition) is 4. The van der Waals surface area contributed by atoms with E-state index < -0.39 is 0 Å². The third kappa shape index (κ3) is 3.56. The van der Waals surface area contributed by atoms with Gasteiger partial charge in [-0.2, -0.15) is 23.5 Å². The average molecular weight is 208 g/mol. The first-order chi connectivity index (χ1) is 5.84. The Balaban J connectivity index is 2.15. The molecule has 0 aromatic carbocycles. The molecule has 0 radical (unpaired) electrons. The minimum Gasteiger partial charge on any atom is -0.390 e. The van der Waals surface area contributed by atoms with Crippen molar-refractivity contribution in [3.05, 3.63) is 0 Å². The zero-order valence-electron chi connectivity index (χ0n) is 7.36. The molecule has 2 unspecified atom stereocenters.